The molecule has 0 radical (unpaired) electrons. The summed E-state index contributed by atoms with van der Waals surface area (Å²) < 4.78 is 1.23. The maximum atomic E-state index is 13.1. The third kappa shape index (κ3) is 2.32. The zero-order valence-electron chi connectivity index (χ0n) is 13.7. The molecule has 1 atom stereocenters. The SMILES string of the molecule is Cc1c(-n2nccn2)sc2[nH]c(=O)n(C3(C)CCC(=O)NC3)c(=O)c12. The van der Waals surface area contributed by atoms with Gasteiger partial charge in [0.25, 0.3) is 5.56 Å². The Morgan fingerprint density at radius 1 is 1.24 bits per heavy atom. The number of piperidine rings is 1. The number of aromatic amines is 1. The topological polar surface area (TPSA) is 115 Å². The third-order valence-electron chi connectivity index (χ3n) is 4.66. The number of fused-ring (bicyclic) bond motifs is 1. The van der Waals surface area contributed by atoms with E-state index in [0.29, 0.717) is 21.6 Å². The molecule has 0 saturated carbocycles. The van der Waals surface area contributed by atoms with E-state index in [-0.39, 0.29) is 24.4 Å². The van der Waals surface area contributed by atoms with Crippen molar-refractivity contribution in [1.29, 1.82) is 0 Å². The minimum absolute atomic E-state index is 0.0678. The van der Waals surface area contributed by atoms with E-state index in [4.69, 9.17) is 0 Å². The van der Waals surface area contributed by atoms with Gasteiger partial charge in [-0.3, -0.25) is 19.1 Å². The van der Waals surface area contributed by atoms with Crippen molar-refractivity contribution in [3.63, 3.8) is 0 Å². The van der Waals surface area contributed by atoms with Gasteiger partial charge in [-0.2, -0.15) is 10.2 Å². The average Bonchev–Trinajstić information content (AvgIpc) is 3.18. The maximum absolute atomic E-state index is 13.1. The molecule has 25 heavy (non-hydrogen) atoms. The molecular formula is C15H16N6O3S. The van der Waals surface area contributed by atoms with Gasteiger partial charge in [0.15, 0.2) is 0 Å². The molecule has 0 bridgehead atoms. The molecule has 1 unspecified atom stereocenters. The number of nitrogens with zero attached hydrogens (tertiary/aromatic N) is 4. The predicted octanol–water partition coefficient (Wildman–Crippen LogP) is 0.266. The first-order valence-electron chi connectivity index (χ1n) is 7.83. The Morgan fingerprint density at radius 3 is 2.60 bits per heavy atom. The van der Waals surface area contributed by atoms with Gasteiger partial charge in [-0.1, -0.05) is 11.3 Å². The molecule has 1 aliphatic heterocycles. The number of carbonyl (C=O) groups excluding carboxylic acids is 1. The monoisotopic (exact) mass is 360 g/mol. The van der Waals surface area contributed by atoms with Gasteiger partial charge in [0.05, 0.1) is 23.3 Å². The van der Waals surface area contributed by atoms with Gasteiger partial charge in [-0.15, -0.1) is 4.80 Å². The number of H-pyrrole nitrogens is 1. The molecule has 2 N–H and O–H groups in total. The van der Waals surface area contributed by atoms with Crippen molar-refractivity contribution in [2.24, 2.45) is 0 Å². The lowest BCUT2D eigenvalue weighted by Crippen LogP contribution is -2.56. The molecule has 0 aliphatic carbocycles. The number of rotatable bonds is 2. The summed E-state index contributed by atoms with van der Waals surface area (Å²) in [6.07, 6.45) is 3.82. The summed E-state index contributed by atoms with van der Waals surface area (Å²) in [5.74, 6) is -0.0678. The average molecular weight is 360 g/mol. The second-order valence-corrected chi connectivity index (χ2v) is 7.40. The van der Waals surface area contributed by atoms with E-state index in [0.717, 1.165) is 5.56 Å². The smallest absolute Gasteiger partial charge is 0.330 e. The van der Waals surface area contributed by atoms with Crippen LogP contribution in [0.15, 0.2) is 22.0 Å². The van der Waals surface area contributed by atoms with Crippen molar-refractivity contribution in [3.05, 3.63) is 38.8 Å². The number of aryl methyl sites for hydroxylation is 1. The molecule has 1 amide bonds. The molecule has 9 nitrogen and oxygen atoms in total. The Bertz CT molecular complexity index is 1080. The van der Waals surface area contributed by atoms with Crippen molar-refractivity contribution in [3.8, 4) is 5.00 Å². The molecule has 10 heteroatoms. The van der Waals surface area contributed by atoms with Crippen LogP contribution in [0, 0.1) is 6.92 Å². The van der Waals surface area contributed by atoms with E-state index < -0.39 is 11.2 Å². The number of hydrogen-bond donors (Lipinski definition) is 2. The second kappa shape index (κ2) is 5.38. The van der Waals surface area contributed by atoms with Crippen LogP contribution in [0.3, 0.4) is 0 Å². The Morgan fingerprint density at radius 2 is 1.96 bits per heavy atom. The highest BCUT2D eigenvalue weighted by Crippen LogP contribution is 2.30. The Balaban J connectivity index is 1.96. The van der Waals surface area contributed by atoms with Gasteiger partial charge in [-0.25, -0.2) is 4.79 Å². The van der Waals surface area contributed by atoms with Crippen LogP contribution in [0.4, 0.5) is 0 Å². The first kappa shape index (κ1) is 15.8. The van der Waals surface area contributed by atoms with Crippen molar-refractivity contribution in [2.45, 2.75) is 32.2 Å². The van der Waals surface area contributed by atoms with Crippen molar-refractivity contribution >= 4 is 27.5 Å². The standard InChI is InChI=1S/C15H16N6O3S/c1-8-10-11(25-13(8)21-17-5-6-18-21)19-14(24)20(12(10)23)15(2)4-3-9(22)16-7-15/h5-6H,3-4,7H2,1-2H3,(H,16,22)(H,19,24). The molecule has 1 saturated heterocycles. The summed E-state index contributed by atoms with van der Waals surface area (Å²) in [4.78, 5) is 41.9. The zero-order chi connectivity index (χ0) is 17.8. The molecule has 4 rings (SSSR count). The second-order valence-electron chi connectivity index (χ2n) is 6.40. The first-order chi connectivity index (χ1) is 11.9. The number of carbonyl (C=O) groups is 1. The van der Waals surface area contributed by atoms with Crippen molar-refractivity contribution in [1.82, 2.24) is 29.9 Å². The number of thiophene rings is 1. The highest BCUT2D eigenvalue weighted by molar-refractivity contribution is 7.21. The summed E-state index contributed by atoms with van der Waals surface area (Å²) in [6.45, 7) is 3.87. The van der Waals surface area contributed by atoms with E-state index >= 15 is 0 Å². The van der Waals surface area contributed by atoms with Crippen LogP contribution in [0.25, 0.3) is 15.2 Å². The van der Waals surface area contributed by atoms with Gasteiger partial charge in [0.1, 0.15) is 9.83 Å². The highest BCUT2D eigenvalue weighted by Gasteiger charge is 2.35. The van der Waals surface area contributed by atoms with Gasteiger partial charge < -0.3 is 5.32 Å². The maximum Gasteiger partial charge on any atom is 0.330 e. The molecule has 0 spiro atoms. The lowest BCUT2D eigenvalue weighted by atomic mass is 9.91. The van der Waals surface area contributed by atoms with Gasteiger partial charge in [-0.05, 0) is 20.3 Å². The van der Waals surface area contributed by atoms with Gasteiger partial charge >= 0.3 is 5.69 Å². The third-order valence-corrected chi connectivity index (χ3v) is 5.83. The summed E-state index contributed by atoms with van der Waals surface area (Å²) in [6, 6.07) is 0. The molecule has 1 aliphatic rings. The molecule has 1 fully saturated rings. The largest absolute Gasteiger partial charge is 0.354 e. The van der Waals surface area contributed by atoms with Crippen LogP contribution in [-0.2, 0) is 10.3 Å². The zero-order valence-corrected chi connectivity index (χ0v) is 14.5. The van der Waals surface area contributed by atoms with Gasteiger partial charge in [0, 0.05) is 18.5 Å². The normalized spacial score (nSPS) is 20.8. The lowest BCUT2D eigenvalue weighted by Gasteiger charge is -2.34. The van der Waals surface area contributed by atoms with Crippen LogP contribution < -0.4 is 16.6 Å². The Labute approximate surface area is 145 Å². The van der Waals surface area contributed by atoms with Crippen molar-refractivity contribution in [2.75, 3.05) is 6.54 Å². The minimum Gasteiger partial charge on any atom is -0.354 e. The highest BCUT2D eigenvalue weighted by atomic mass is 32.1. The van der Waals surface area contributed by atoms with E-state index in [2.05, 4.69) is 20.5 Å². The Hall–Kier alpha value is -2.75. The summed E-state index contributed by atoms with van der Waals surface area (Å²) in [5, 5.41) is 12.1. The minimum atomic E-state index is -0.759. The quantitative estimate of drug-likeness (QED) is 0.681. The Kier molecular flexibility index (Phi) is 3.39. The lowest BCUT2D eigenvalue weighted by molar-refractivity contribution is -0.123. The van der Waals surface area contributed by atoms with Gasteiger partial charge in [0.2, 0.25) is 5.91 Å². The molecule has 4 heterocycles. The van der Waals surface area contributed by atoms with E-state index in [9.17, 15) is 14.4 Å². The number of aromatic nitrogens is 5. The van der Waals surface area contributed by atoms with Crippen LogP contribution >= 0.6 is 11.3 Å². The predicted molar refractivity (Wildman–Crippen MR) is 92.3 cm³/mol. The van der Waals surface area contributed by atoms with Crippen LogP contribution in [0.2, 0.25) is 0 Å². The van der Waals surface area contributed by atoms with Crippen LogP contribution in [-0.4, -0.2) is 37.0 Å². The fraction of sp³-hybridized carbons (Fsp3) is 0.400. The van der Waals surface area contributed by atoms with E-state index in [1.165, 1.54) is 20.7 Å². The molecule has 3 aromatic rings. The molecule has 0 aromatic carbocycles. The summed E-state index contributed by atoms with van der Waals surface area (Å²) >= 11 is 1.26. The molecule has 3 aromatic heterocycles. The fourth-order valence-electron chi connectivity index (χ4n) is 3.25. The molecule has 130 valence electrons. The number of hydrogen-bond acceptors (Lipinski definition) is 6. The summed E-state index contributed by atoms with van der Waals surface area (Å²) in [7, 11) is 0. The molecular weight excluding hydrogens is 344 g/mol. The fourth-order valence-corrected chi connectivity index (χ4v) is 4.35. The van der Waals surface area contributed by atoms with Crippen LogP contribution in [0.5, 0.6) is 0 Å². The van der Waals surface area contributed by atoms with E-state index in [1.807, 2.05) is 13.8 Å². The number of amides is 1. The summed E-state index contributed by atoms with van der Waals surface area (Å²) in [5.41, 5.74) is -0.873. The first-order valence-corrected chi connectivity index (χ1v) is 8.65. The van der Waals surface area contributed by atoms with Crippen LogP contribution in [0.1, 0.15) is 25.3 Å². The number of nitrogens with one attached hydrogen (secondary N) is 2. The van der Waals surface area contributed by atoms with E-state index in [1.54, 1.807) is 12.4 Å². The van der Waals surface area contributed by atoms with Crippen molar-refractivity contribution < 1.29 is 4.79 Å².